The van der Waals surface area contributed by atoms with Crippen LogP contribution >= 0.6 is 0 Å². The van der Waals surface area contributed by atoms with Crippen molar-refractivity contribution in [3.8, 4) is 5.75 Å². The first-order chi connectivity index (χ1) is 10.7. The number of para-hydroxylation sites is 1. The Hall–Kier alpha value is -1.91. The van der Waals surface area contributed by atoms with Crippen molar-refractivity contribution >= 4 is 0 Å². The number of halogens is 1. The first-order valence-electron chi connectivity index (χ1n) is 7.54. The summed E-state index contributed by atoms with van der Waals surface area (Å²) in [6, 6.07) is 14.6. The summed E-state index contributed by atoms with van der Waals surface area (Å²) in [6.07, 6.45) is -0.485. The van der Waals surface area contributed by atoms with E-state index in [1.54, 1.807) is 18.2 Å². The van der Waals surface area contributed by atoms with Crippen molar-refractivity contribution in [2.45, 2.75) is 19.1 Å². The van der Waals surface area contributed by atoms with Gasteiger partial charge in [-0.1, -0.05) is 42.0 Å². The summed E-state index contributed by atoms with van der Waals surface area (Å²) in [7, 11) is 0. The maximum atomic E-state index is 13.9. The molecule has 22 heavy (non-hydrogen) atoms. The quantitative estimate of drug-likeness (QED) is 0.940. The monoisotopic (exact) mass is 300 g/mol. The van der Waals surface area contributed by atoms with E-state index in [-0.39, 0.29) is 23.8 Å². The number of rotatable bonds is 4. The van der Waals surface area contributed by atoms with E-state index in [1.165, 1.54) is 11.6 Å². The van der Waals surface area contributed by atoms with Gasteiger partial charge in [0.1, 0.15) is 6.10 Å². The zero-order valence-corrected chi connectivity index (χ0v) is 12.6. The maximum Gasteiger partial charge on any atom is 0.165 e. The summed E-state index contributed by atoms with van der Waals surface area (Å²) in [6.45, 7) is 4.19. The van der Waals surface area contributed by atoms with Crippen LogP contribution in [0.2, 0.25) is 0 Å². The van der Waals surface area contributed by atoms with Gasteiger partial charge in [-0.3, -0.25) is 0 Å². The zero-order chi connectivity index (χ0) is 15.4. The summed E-state index contributed by atoms with van der Waals surface area (Å²) in [5.74, 6) is -0.106. The van der Waals surface area contributed by atoms with E-state index in [9.17, 15) is 4.39 Å². The summed E-state index contributed by atoms with van der Waals surface area (Å²) in [5.41, 5.74) is 2.17. The molecule has 116 valence electrons. The van der Waals surface area contributed by atoms with Crippen LogP contribution in [-0.2, 0) is 4.74 Å². The molecule has 0 bridgehead atoms. The highest BCUT2D eigenvalue weighted by atomic mass is 18.2. The first-order valence-corrected chi connectivity index (χ1v) is 7.54. The van der Waals surface area contributed by atoms with Crippen molar-refractivity contribution in [3.63, 3.8) is 0 Å². The number of hydrogen-bond acceptors (Lipinski definition) is 3. The fraction of sp³-hybridized carbons (Fsp3) is 0.333. The van der Waals surface area contributed by atoms with Crippen molar-refractivity contribution in [2.24, 2.45) is 0 Å². The lowest BCUT2D eigenvalue weighted by atomic mass is 10.0. The van der Waals surface area contributed by atoms with Gasteiger partial charge in [-0.05, 0) is 24.6 Å². The Bertz CT molecular complexity index is 609. The average molecular weight is 300 g/mol. The molecule has 0 spiro atoms. The summed E-state index contributed by atoms with van der Waals surface area (Å²) < 4.78 is 25.7. The normalized spacial score (nSPS) is 19.6. The molecule has 3 rings (SSSR count). The van der Waals surface area contributed by atoms with Crippen molar-refractivity contribution in [1.29, 1.82) is 0 Å². The fourth-order valence-corrected chi connectivity index (χ4v) is 2.57. The van der Waals surface area contributed by atoms with E-state index in [4.69, 9.17) is 9.47 Å². The van der Waals surface area contributed by atoms with Crippen molar-refractivity contribution in [3.05, 3.63) is 65.5 Å². The molecular formula is C18H20FNO2. The molecule has 0 unspecified atom stereocenters. The van der Waals surface area contributed by atoms with Gasteiger partial charge in [0.15, 0.2) is 17.7 Å². The van der Waals surface area contributed by atoms with Crippen LogP contribution in [0, 0.1) is 12.7 Å². The number of hydrogen-bond donors (Lipinski definition) is 1. The third-order valence-electron chi connectivity index (χ3n) is 3.79. The zero-order valence-electron chi connectivity index (χ0n) is 12.6. The Morgan fingerprint density at radius 3 is 2.64 bits per heavy atom. The molecule has 1 saturated heterocycles. The second-order valence-corrected chi connectivity index (χ2v) is 5.49. The molecule has 1 heterocycles. The topological polar surface area (TPSA) is 30.5 Å². The van der Waals surface area contributed by atoms with Gasteiger partial charge in [0, 0.05) is 13.1 Å². The lowest BCUT2D eigenvalue weighted by Gasteiger charge is -2.31. The van der Waals surface area contributed by atoms with Crippen molar-refractivity contribution < 1.29 is 13.9 Å². The molecule has 0 aromatic heterocycles. The molecule has 1 fully saturated rings. The summed E-state index contributed by atoms with van der Waals surface area (Å²) in [4.78, 5) is 0. The van der Waals surface area contributed by atoms with Crippen LogP contribution in [0.15, 0.2) is 48.5 Å². The summed E-state index contributed by atoms with van der Waals surface area (Å²) >= 11 is 0. The van der Waals surface area contributed by atoms with Gasteiger partial charge >= 0.3 is 0 Å². The van der Waals surface area contributed by atoms with Crippen LogP contribution < -0.4 is 10.1 Å². The molecule has 2 aromatic rings. The van der Waals surface area contributed by atoms with E-state index >= 15 is 0 Å². The van der Waals surface area contributed by atoms with Gasteiger partial charge in [0.25, 0.3) is 0 Å². The second-order valence-electron chi connectivity index (χ2n) is 5.49. The smallest absolute Gasteiger partial charge is 0.165 e. The predicted molar refractivity (Wildman–Crippen MR) is 83.6 cm³/mol. The largest absolute Gasteiger partial charge is 0.480 e. The van der Waals surface area contributed by atoms with Crippen LogP contribution in [-0.4, -0.2) is 25.8 Å². The molecule has 3 nitrogen and oxygen atoms in total. The third-order valence-corrected chi connectivity index (χ3v) is 3.79. The number of aryl methyl sites for hydroxylation is 1. The first kappa shape index (κ1) is 15.0. The molecule has 0 aliphatic carbocycles. The molecule has 0 radical (unpaired) electrons. The molecule has 0 amide bonds. The van der Waals surface area contributed by atoms with E-state index in [0.29, 0.717) is 13.2 Å². The molecule has 0 saturated carbocycles. The van der Waals surface area contributed by atoms with Crippen LogP contribution in [0.5, 0.6) is 5.75 Å². The van der Waals surface area contributed by atoms with E-state index in [1.807, 2.05) is 31.2 Å². The highest BCUT2D eigenvalue weighted by Crippen LogP contribution is 2.29. The Balaban J connectivity index is 1.88. The highest BCUT2D eigenvalue weighted by molar-refractivity contribution is 5.28. The number of ether oxygens (including phenoxy) is 2. The van der Waals surface area contributed by atoms with Gasteiger partial charge < -0.3 is 14.8 Å². The molecule has 4 heteroatoms. The van der Waals surface area contributed by atoms with Gasteiger partial charge in [-0.15, -0.1) is 0 Å². The van der Waals surface area contributed by atoms with Crippen LogP contribution in [0.4, 0.5) is 4.39 Å². The van der Waals surface area contributed by atoms with E-state index < -0.39 is 0 Å². The lowest BCUT2D eigenvalue weighted by Crippen LogP contribution is -2.43. The van der Waals surface area contributed by atoms with Crippen molar-refractivity contribution in [1.82, 2.24) is 5.32 Å². The average Bonchev–Trinajstić information content (AvgIpc) is 2.56. The molecule has 2 aromatic carbocycles. The highest BCUT2D eigenvalue weighted by Gasteiger charge is 2.28. The van der Waals surface area contributed by atoms with Crippen LogP contribution in [0.1, 0.15) is 17.2 Å². The van der Waals surface area contributed by atoms with Gasteiger partial charge in [0.2, 0.25) is 0 Å². The molecule has 1 N–H and O–H groups in total. The second kappa shape index (κ2) is 6.90. The Kier molecular flexibility index (Phi) is 4.71. The Morgan fingerprint density at radius 2 is 1.95 bits per heavy atom. The molecule has 2 atom stereocenters. The third kappa shape index (κ3) is 3.46. The van der Waals surface area contributed by atoms with E-state index in [0.717, 1.165) is 12.1 Å². The van der Waals surface area contributed by atoms with Crippen LogP contribution in [0.3, 0.4) is 0 Å². The number of nitrogens with one attached hydrogen (secondary N) is 1. The number of morpholine rings is 1. The molecular weight excluding hydrogens is 280 g/mol. The SMILES string of the molecule is Cc1ccc([C@H](Oc2ccccc2[18F])[C@@H]2CNCCO2)cc1. The summed E-state index contributed by atoms with van der Waals surface area (Å²) in [5, 5.41) is 3.30. The maximum absolute atomic E-state index is 13.9. The van der Waals surface area contributed by atoms with E-state index in [2.05, 4.69) is 5.32 Å². The Labute approximate surface area is 130 Å². The number of benzene rings is 2. The Morgan fingerprint density at radius 1 is 1.18 bits per heavy atom. The fourth-order valence-electron chi connectivity index (χ4n) is 2.57. The minimum atomic E-state index is -0.358. The lowest BCUT2D eigenvalue weighted by molar-refractivity contribution is -0.0442. The molecule has 1 aliphatic rings. The van der Waals surface area contributed by atoms with Gasteiger partial charge in [-0.25, -0.2) is 4.39 Å². The molecule has 1 aliphatic heterocycles. The van der Waals surface area contributed by atoms with Crippen LogP contribution in [0.25, 0.3) is 0 Å². The minimum absolute atomic E-state index is 0.143. The standard InChI is InChI=1S/C18H20FNO2/c1-13-6-8-14(9-7-13)18(17-12-20-10-11-21-17)22-16-5-3-2-4-15(16)19/h2-9,17-18,20H,10-12H2,1H3/t17-,18-/m0/s1/i19-1. The van der Waals surface area contributed by atoms with Gasteiger partial charge in [0.05, 0.1) is 6.61 Å². The van der Waals surface area contributed by atoms with Gasteiger partial charge in [-0.2, -0.15) is 0 Å². The predicted octanol–water partition coefficient (Wildman–Crippen LogP) is 3.24. The minimum Gasteiger partial charge on any atom is -0.480 e. The van der Waals surface area contributed by atoms with Crippen molar-refractivity contribution in [2.75, 3.05) is 19.7 Å².